The smallest absolute Gasteiger partial charge is 0.179 e. The van der Waals surface area contributed by atoms with Gasteiger partial charge in [0.1, 0.15) is 23.1 Å². The van der Waals surface area contributed by atoms with Gasteiger partial charge in [0, 0.05) is 0 Å². The van der Waals surface area contributed by atoms with Gasteiger partial charge in [-0.05, 0) is 69.3 Å². The molecular weight excluding hydrogens is 419 g/mol. The molecule has 0 heterocycles. The molecule has 0 radical (unpaired) electrons. The molecule has 0 bridgehead atoms. The Labute approximate surface area is 189 Å². The molecule has 0 fully saturated rings. The van der Waals surface area contributed by atoms with E-state index in [1.807, 2.05) is 48.5 Å². The van der Waals surface area contributed by atoms with E-state index in [1.54, 1.807) is 21.3 Å². The van der Waals surface area contributed by atoms with Crippen molar-refractivity contribution in [1.82, 2.24) is 0 Å². The van der Waals surface area contributed by atoms with E-state index < -0.39 is 8.07 Å². The van der Waals surface area contributed by atoms with Gasteiger partial charge in [0.2, 0.25) is 0 Å². The van der Waals surface area contributed by atoms with Crippen molar-refractivity contribution >= 4 is 28.8 Å². The van der Waals surface area contributed by atoms with Gasteiger partial charge >= 0.3 is 0 Å². The summed E-state index contributed by atoms with van der Waals surface area (Å²) < 4.78 is 30.2. The molecule has 0 unspecified atom stereocenters. The lowest BCUT2D eigenvalue weighted by molar-refractivity contribution is 0.415. The summed E-state index contributed by atoms with van der Waals surface area (Å²) in [6.07, 6.45) is 0. The molecule has 4 aromatic rings. The summed E-state index contributed by atoms with van der Waals surface area (Å²) in [5, 5.41) is 4.58. The maximum atomic E-state index is 13.9. The van der Waals surface area contributed by atoms with E-state index in [-0.39, 0.29) is 5.82 Å². The minimum Gasteiger partial charge on any atom is -0.497 e. The van der Waals surface area contributed by atoms with Crippen LogP contribution in [0.1, 0.15) is 0 Å². The summed E-state index contributed by atoms with van der Waals surface area (Å²) in [4.78, 5) is 0. The number of benzene rings is 4. The average molecular weight is 445 g/mol. The fraction of sp³-hybridized carbons (Fsp3) is 0.111. The van der Waals surface area contributed by atoms with Gasteiger partial charge < -0.3 is 14.2 Å². The van der Waals surface area contributed by atoms with E-state index in [0.29, 0.717) is 0 Å². The molecule has 5 heteroatoms. The van der Waals surface area contributed by atoms with Crippen LogP contribution in [0.5, 0.6) is 17.2 Å². The minimum atomic E-state index is -2.76. The lowest BCUT2D eigenvalue weighted by Crippen LogP contribution is -2.74. The second kappa shape index (κ2) is 9.28. The summed E-state index contributed by atoms with van der Waals surface area (Å²) >= 11 is 0. The Morgan fingerprint density at radius 1 is 0.438 bits per heavy atom. The number of hydrogen-bond donors (Lipinski definition) is 0. The number of halogens is 1. The largest absolute Gasteiger partial charge is 0.497 e. The molecule has 0 aliphatic rings. The lowest BCUT2D eigenvalue weighted by Gasteiger charge is -2.34. The predicted molar refractivity (Wildman–Crippen MR) is 130 cm³/mol. The second-order valence-corrected chi connectivity index (χ2v) is 11.3. The SMILES string of the molecule is COc1ccc([Si](c2ccc(F)cc2)(c2ccc(OC)cc2)c2ccc(OC)cc2)cc1. The zero-order valence-electron chi connectivity index (χ0n) is 18.3. The van der Waals surface area contributed by atoms with E-state index in [1.165, 1.54) is 27.7 Å². The van der Waals surface area contributed by atoms with Crippen LogP contribution < -0.4 is 35.0 Å². The Hall–Kier alpha value is -3.57. The number of methoxy groups -OCH3 is 3. The summed E-state index contributed by atoms with van der Waals surface area (Å²) in [6.45, 7) is 0. The highest BCUT2D eigenvalue weighted by Gasteiger charge is 2.41. The minimum absolute atomic E-state index is 0.254. The summed E-state index contributed by atoms with van der Waals surface area (Å²) in [5.41, 5.74) is 0. The van der Waals surface area contributed by atoms with Crippen molar-refractivity contribution in [3.05, 3.63) is 103 Å². The maximum absolute atomic E-state index is 13.9. The predicted octanol–water partition coefficient (Wildman–Crippen LogP) is 3.23. The number of hydrogen-bond acceptors (Lipinski definition) is 3. The molecule has 0 amide bonds. The molecule has 4 rings (SSSR count). The standard InChI is InChI=1S/C27H25FO3Si/c1-29-21-6-14-25(15-7-21)32(24-12-4-20(28)5-13-24,26-16-8-22(30-2)9-17-26)27-18-10-23(31-3)11-19-27/h4-19H,1-3H3. The van der Waals surface area contributed by atoms with Crippen LogP contribution in [0.3, 0.4) is 0 Å². The van der Waals surface area contributed by atoms with E-state index >= 15 is 0 Å². The average Bonchev–Trinajstić information content (AvgIpc) is 2.86. The van der Waals surface area contributed by atoms with Crippen LogP contribution >= 0.6 is 0 Å². The second-order valence-electron chi connectivity index (χ2n) is 7.44. The maximum Gasteiger partial charge on any atom is 0.179 e. The van der Waals surface area contributed by atoms with E-state index in [4.69, 9.17) is 14.2 Å². The highest BCUT2D eigenvalue weighted by molar-refractivity contribution is 7.19. The third kappa shape index (κ3) is 3.87. The van der Waals surface area contributed by atoms with Crippen molar-refractivity contribution in [2.75, 3.05) is 21.3 Å². The van der Waals surface area contributed by atoms with Crippen molar-refractivity contribution in [3.8, 4) is 17.2 Å². The van der Waals surface area contributed by atoms with Gasteiger partial charge in [-0.15, -0.1) is 0 Å². The van der Waals surface area contributed by atoms with E-state index in [0.717, 1.165) is 22.4 Å². The highest BCUT2D eigenvalue weighted by Crippen LogP contribution is 2.17. The van der Waals surface area contributed by atoms with Crippen molar-refractivity contribution in [1.29, 1.82) is 0 Å². The molecule has 0 N–H and O–H groups in total. The molecule has 0 saturated heterocycles. The van der Waals surface area contributed by atoms with Crippen LogP contribution in [0.2, 0.25) is 0 Å². The topological polar surface area (TPSA) is 27.7 Å². The van der Waals surface area contributed by atoms with E-state index in [2.05, 4.69) is 36.4 Å². The first-order valence-electron chi connectivity index (χ1n) is 10.3. The third-order valence-corrected chi connectivity index (χ3v) is 10.6. The van der Waals surface area contributed by atoms with Gasteiger partial charge in [-0.3, -0.25) is 0 Å². The molecule has 162 valence electrons. The van der Waals surface area contributed by atoms with Gasteiger partial charge in [0.05, 0.1) is 21.3 Å². The molecule has 32 heavy (non-hydrogen) atoms. The summed E-state index contributed by atoms with van der Waals surface area (Å²) in [6, 6.07) is 31.4. The molecule has 4 aromatic carbocycles. The van der Waals surface area contributed by atoms with Crippen LogP contribution in [0.4, 0.5) is 4.39 Å². The van der Waals surface area contributed by atoms with Crippen LogP contribution in [0.25, 0.3) is 0 Å². The van der Waals surface area contributed by atoms with E-state index in [9.17, 15) is 4.39 Å². The van der Waals surface area contributed by atoms with Crippen LogP contribution in [-0.2, 0) is 0 Å². The van der Waals surface area contributed by atoms with Crippen molar-refractivity contribution in [3.63, 3.8) is 0 Å². The normalized spacial score (nSPS) is 11.1. The third-order valence-electron chi connectivity index (χ3n) is 5.85. The molecule has 0 aliphatic heterocycles. The highest BCUT2D eigenvalue weighted by atomic mass is 28.3. The fourth-order valence-corrected chi connectivity index (χ4v) is 8.89. The Morgan fingerprint density at radius 2 is 0.688 bits per heavy atom. The molecule has 0 saturated carbocycles. The van der Waals surface area contributed by atoms with Gasteiger partial charge in [0.15, 0.2) is 8.07 Å². The van der Waals surface area contributed by atoms with Gasteiger partial charge in [-0.2, -0.15) is 0 Å². The zero-order chi connectivity index (χ0) is 22.6. The van der Waals surface area contributed by atoms with Crippen LogP contribution in [0.15, 0.2) is 97.1 Å². The molecule has 0 atom stereocenters. The summed E-state index contributed by atoms with van der Waals surface area (Å²) in [7, 11) is 2.21. The molecule has 0 aromatic heterocycles. The Bertz CT molecular complexity index is 1040. The molecule has 0 spiro atoms. The summed E-state index contributed by atoms with van der Waals surface area (Å²) in [5.74, 6) is 2.12. The first-order chi connectivity index (χ1) is 15.6. The quantitative estimate of drug-likeness (QED) is 0.324. The molecule has 0 aliphatic carbocycles. The van der Waals surface area contributed by atoms with Crippen molar-refractivity contribution in [2.24, 2.45) is 0 Å². The molecule has 3 nitrogen and oxygen atoms in total. The number of rotatable bonds is 7. The van der Waals surface area contributed by atoms with Crippen LogP contribution in [-0.4, -0.2) is 29.4 Å². The van der Waals surface area contributed by atoms with Crippen molar-refractivity contribution in [2.45, 2.75) is 0 Å². The lowest BCUT2D eigenvalue weighted by atomic mass is 10.3. The fourth-order valence-electron chi connectivity index (χ4n) is 4.22. The monoisotopic (exact) mass is 444 g/mol. The van der Waals surface area contributed by atoms with Crippen molar-refractivity contribution < 1.29 is 18.6 Å². The van der Waals surface area contributed by atoms with Crippen LogP contribution in [0, 0.1) is 5.82 Å². The first-order valence-corrected chi connectivity index (χ1v) is 12.3. The Balaban J connectivity index is 2.06. The molecular formula is C27H25FO3Si. The number of ether oxygens (including phenoxy) is 3. The van der Waals surface area contributed by atoms with Gasteiger partial charge in [0.25, 0.3) is 0 Å². The van der Waals surface area contributed by atoms with Gasteiger partial charge in [-0.25, -0.2) is 4.39 Å². The first kappa shape index (κ1) is 21.7. The Kier molecular flexibility index (Phi) is 6.28. The van der Waals surface area contributed by atoms with Gasteiger partial charge in [-0.1, -0.05) is 48.5 Å². The Morgan fingerprint density at radius 3 is 0.938 bits per heavy atom. The zero-order valence-corrected chi connectivity index (χ0v) is 19.3.